The first-order chi connectivity index (χ1) is 6.40. The molecule has 2 saturated carbocycles. The van der Waals surface area contributed by atoms with Gasteiger partial charge in [-0.25, -0.2) is 0 Å². The molecular weight excluding hydrogens is 162 g/mol. The van der Waals surface area contributed by atoms with Gasteiger partial charge < -0.3 is 10.1 Å². The summed E-state index contributed by atoms with van der Waals surface area (Å²) in [6, 6.07) is 0.670. The van der Waals surface area contributed by atoms with Crippen LogP contribution in [0.15, 0.2) is 12.7 Å². The number of hydrogen-bond acceptors (Lipinski definition) is 2. The third-order valence-corrected chi connectivity index (χ3v) is 4.09. The fourth-order valence-electron chi connectivity index (χ4n) is 3.66. The van der Waals surface area contributed by atoms with Gasteiger partial charge in [0.05, 0.1) is 12.7 Å². The summed E-state index contributed by atoms with van der Waals surface area (Å²) in [7, 11) is 0. The number of rotatable bonds is 3. The lowest BCUT2D eigenvalue weighted by Crippen LogP contribution is -2.39. The minimum atomic E-state index is 0.488. The lowest BCUT2D eigenvalue weighted by molar-refractivity contribution is 0.0186. The van der Waals surface area contributed by atoms with E-state index in [1.807, 2.05) is 6.08 Å². The van der Waals surface area contributed by atoms with Crippen molar-refractivity contribution in [3.63, 3.8) is 0 Å². The van der Waals surface area contributed by atoms with Gasteiger partial charge in [0.2, 0.25) is 0 Å². The zero-order chi connectivity index (χ0) is 8.84. The van der Waals surface area contributed by atoms with Gasteiger partial charge in [-0.2, -0.15) is 0 Å². The monoisotopic (exact) mass is 179 g/mol. The molecule has 3 fully saturated rings. The first kappa shape index (κ1) is 8.01. The highest BCUT2D eigenvalue weighted by Crippen LogP contribution is 2.52. The third kappa shape index (κ3) is 1.02. The second kappa shape index (κ2) is 2.82. The van der Waals surface area contributed by atoms with Crippen LogP contribution < -0.4 is 5.32 Å². The van der Waals surface area contributed by atoms with Crippen LogP contribution in [0.2, 0.25) is 0 Å². The number of nitrogens with one attached hydrogen (secondary N) is 1. The van der Waals surface area contributed by atoms with Gasteiger partial charge in [-0.1, -0.05) is 6.08 Å². The van der Waals surface area contributed by atoms with Crippen molar-refractivity contribution in [3.8, 4) is 0 Å². The molecule has 3 aliphatic rings. The summed E-state index contributed by atoms with van der Waals surface area (Å²) in [6.45, 7) is 5.65. The van der Waals surface area contributed by atoms with Gasteiger partial charge in [0.15, 0.2) is 0 Å². The van der Waals surface area contributed by atoms with Crippen molar-refractivity contribution in [3.05, 3.63) is 12.7 Å². The highest BCUT2D eigenvalue weighted by molar-refractivity contribution is 5.10. The van der Waals surface area contributed by atoms with Crippen LogP contribution in [0.5, 0.6) is 0 Å². The van der Waals surface area contributed by atoms with Gasteiger partial charge in [0.25, 0.3) is 0 Å². The van der Waals surface area contributed by atoms with Crippen molar-refractivity contribution in [2.75, 3.05) is 13.2 Å². The SMILES string of the molecule is C=CCOC1C2CC3CNC1C3C2. The maximum absolute atomic E-state index is 5.84. The van der Waals surface area contributed by atoms with Gasteiger partial charge in [0, 0.05) is 6.04 Å². The van der Waals surface area contributed by atoms with Crippen LogP contribution in [-0.4, -0.2) is 25.3 Å². The molecule has 2 heteroatoms. The average Bonchev–Trinajstić information content (AvgIpc) is 2.70. The van der Waals surface area contributed by atoms with Gasteiger partial charge >= 0.3 is 0 Å². The van der Waals surface area contributed by atoms with Crippen LogP contribution in [0.1, 0.15) is 12.8 Å². The standard InChI is InChI=1S/C11H17NO/c1-2-3-13-11-7-4-8-6-12-10(11)9(8)5-7/h2,7-12H,1,3-6H2. The minimum Gasteiger partial charge on any atom is -0.372 e. The fraction of sp³-hybridized carbons (Fsp3) is 0.818. The van der Waals surface area contributed by atoms with Gasteiger partial charge in [0.1, 0.15) is 0 Å². The summed E-state index contributed by atoms with van der Waals surface area (Å²) in [5, 5.41) is 3.61. The predicted molar refractivity (Wildman–Crippen MR) is 51.4 cm³/mol. The number of ether oxygens (including phenoxy) is 1. The molecule has 1 saturated heterocycles. The Hall–Kier alpha value is -0.340. The molecule has 1 heterocycles. The Balaban J connectivity index is 1.73. The highest BCUT2D eigenvalue weighted by Gasteiger charge is 2.56. The summed E-state index contributed by atoms with van der Waals surface area (Å²) in [5.74, 6) is 2.74. The molecule has 0 aromatic rings. The van der Waals surface area contributed by atoms with Crippen molar-refractivity contribution in [1.29, 1.82) is 0 Å². The Kier molecular flexibility index (Phi) is 1.74. The fourth-order valence-corrected chi connectivity index (χ4v) is 3.66. The zero-order valence-corrected chi connectivity index (χ0v) is 7.91. The molecule has 5 atom stereocenters. The maximum atomic E-state index is 5.84. The normalized spacial score (nSPS) is 51.5. The van der Waals surface area contributed by atoms with Crippen LogP contribution in [0, 0.1) is 17.8 Å². The molecule has 0 radical (unpaired) electrons. The van der Waals surface area contributed by atoms with Crippen LogP contribution in [0.25, 0.3) is 0 Å². The molecule has 0 spiro atoms. The van der Waals surface area contributed by atoms with E-state index < -0.39 is 0 Å². The average molecular weight is 179 g/mol. The maximum Gasteiger partial charge on any atom is 0.0763 e. The first-order valence-electron chi connectivity index (χ1n) is 5.36. The molecular formula is C11H17NO. The molecule has 1 aliphatic heterocycles. The molecule has 3 rings (SSSR count). The van der Waals surface area contributed by atoms with E-state index in [1.54, 1.807) is 0 Å². The topological polar surface area (TPSA) is 21.3 Å². The van der Waals surface area contributed by atoms with E-state index in [0.29, 0.717) is 12.1 Å². The summed E-state index contributed by atoms with van der Waals surface area (Å²) in [4.78, 5) is 0. The molecule has 1 N–H and O–H groups in total. The Morgan fingerprint density at radius 2 is 2.31 bits per heavy atom. The number of fused-ring (bicyclic) bond motifs is 1. The van der Waals surface area contributed by atoms with Crippen LogP contribution in [0.3, 0.4) is 0 Å². The van der Waals surface area contributed by atoms with Crippen LogP contribution in [-0.2, 0) is 4.74 Å². The molecule has 5 unspecified atom stereocenters. The van der Waals surface area contributed by atoms with Crippen molar-refractivity contribution >= 4 is 0 Å². The Labute approximate surface area is 79.3 Å². The van der Waals surface area contributed by atoms with E-state index in [1.165, 1.54) is 19.4 Å². The minimum absolute atomic E-state index is 0.488. The Morgan fingerprint density at radius 1 is 1.38 bits per heavy atom. The van der Waals surface area contributed by atoms with E-state index in [2.05, 4.69) is 11.9 Å². The smallest absolute Gasteiger partial charge is 0.0763 e. The molecule has 0 amide bonds. The largest absolute Gasteiger partial charge is 0.372 e. The first-order valence-corrected chi connectivity index (χ1v) is 5.36. The van der Waals surface area contributed by atoms with Crippen molar-refractivity contribution in [2.45, 2.75) is 25.0 Å². The predicted octanol–water partition coefficient (Wildman–Crippen LogP) is 1.19. The van der Waals surface area contributed by atoms with E-state index in [4.69, 9.17) is 4.74 Å². The summed E-state index contributed by atoms with van der Waals surface area (Å²) in [5.41, 5.74) is 0. The van der Waals surface area contributed by atoms with E-state index in [-0.39, 0.29) is 0 Å². The second-order valence-electron chi connectivity index (χ2n) is 4.68. The summed E-state index contributed by atoms with van der Waals surface area (Å²) in [6.07, 6.45) is 5.15. The Bertz CT molecular complexity index is 226. The summed E-state index contributed by atoms with van der Waals surface area (Å²) >= 11 is 0. The van der Waals surface area contributed by atoms with E-state index >= 15 is 0 Å². The molecule has 13 heavy (non-hydrogen) atoms. The Morgan fingerprint density at radius 3 is 3.15 bits per heavy atom. The molecule has 0 aromatic carbocycles. The molecule has 0 aromatic heterocycles. The second-order valence-corrected chi connectivity index (χ2v) is 4.68. The molecule has 2 aliphatic carbocycles. The van der Waals surface area contributed by atoms with Gasteiger partial charge in [-0.15, -0.1) is 6.58 Å². The van der Waals surface area contributed by atoms with Gasteiger partial charge in [-0.05, 0) is 37.1 Å². The summed E-state index contributed by atoms with van der Waals surface area (Å²) < 4.78 is 5.84. The lowest BCUT2D eigenvalue weighted by atomic mass is 9.88. The van der Waals surface area contributed by atoms with Crippen molar-refractivity contribution in [2.24, 2.45) is 17.8 Å². The van der Waals surface area contributed by atoms with Gasteiger partial charge in [-0.3, -0.25) is 0 Å². The van der Waals surface area contributed by atoms with E-state index in [9.17, 15) is 0 Å². The number of hydrogen-bond donors (Lipinski definition) is 1. The molecule has 2 bridgehead atoms. The highest BCUT2D eigenvalue weighted by atomic mass is 16.5. The van der Waals surface area contributed by atoms with E-state index in [0.717, 1.165) is 24.4 Å². The lowest BCUT2D eigenvalue weighted by Gasteiger charge is -2.27. The quantitative estimate of drug-likeness (QED) is 0.657. The van der Waals surface area contributed by atoms with Crippen molar-refractivity contribution in [1.82, 2.24) is 5.32 Å². The molecule has 72 valence electrons. The third-order valence-electron chi connectivity index (χ3n) is 4.09. The van der Waals surface area contributed by atoms with Crippen molar-refractivity contribution < 1.29 is 4.74 Å². The van der Waals surface area contributed by atoms with Crippen LogP contribution in [0.4, 0.5) is 0 Å². The molecule has 2 nitrogen and oxygen atoms in total. The zero-order valence-electron chi connectivity index (χ0n) is 7.91. The van der Waals surface area contributed by atoms with Crippen LogP contribution >= 0.6 is 0 Å².